The number of nitrogen functional groups attached to an aromatic ring is 1. The summed E-state index contributed by atoms with van der Waals surface area (Å²) >= 11 is 0. The maximum Gasteiger partial charge on any atom is 0.262 e. The summed E-state index contributed by atoms with van der Waals surface area (Å²) in [6, 6.07) is 2.85. The van der Waals surface area contributed by atoms with Gasteiger partial charge in [-0.3, -0.25) is 4.79 Å². The Bertz CT molecular complexity index is 1110. The van der Waals surface area contributed by atoms with Crippen molar-refractivity contribution >= 4 is 28.8 Å². The molecular formula is C19H21F2N7O2. The number of nitrogens with one attached hydrogen (secondary N) is 1. The Kier molecular flexibility index (Phi) is 6.01. The maximum atomic E-state index is 13.2. The molecule has 0 spiro atoms. The largest absolute Gasteiger partial charge is 0.368 e. The monoisotopic (exact) mass is 417 g/mol. The van der Waals surface area contributed by atoms with Gasteiger partial charge in [-0.15, -0.1) is 0 Å². The number of nitrogens with two attached hydrogens (primary N) is 2. The van der Waals surface area contributed by atoms with Gasteiger partial charge in [-0.2, -0.15) is 0 Å². The quantitative estimate of drug-likeness (QED) is 0.529. The first kappa shape index (κ1) is 21.2. The zero-order valence-electron chi connectivity index (χ0n) is 16.2. The van der Waals surface area contributed by atoms with Crippen molar-refractivity contribution in [3.8, 4) is 11.3 Å². The van der Waals surface area contributed by atoms with Crippen LogP contribution in [0.1, 0.15) is 12.8 Å². The number of aromatic nitrogens is 4. The number of alkyl halides is 2. The lowest BCUT2D eigenvalue weighted by atomic mass is 9.88. The summed E-state index contributed by atoms with van der Waals surface area (Å²) in [6.07, 6.45) is 4.43. The maximum absolute atomic E-state index is 13.2. The lowest BCUT2D eigenvalue weighted by molar-refractivity contribution is -0.108. The first-order valence-electron chi connectivity index (χ1n) is 9.14. The van der Waals surface area contributed by atoms with Gasteiger partial charge >= 0.3 is 0 Å². The SMILES string of the molecule is CN.Nc1ncc(-c2cc3ccn(CC=O)c(=O)c3c(NC3CC(F)(F)C3)n2)cn1. The topological polar surface area (TPSA) is 142 Å². The Morgan fingerprint density at radius 3 is 2.57 bits per heavy atom. The molecule has 0 amide bonds. The number of nitrogens with zero attached hydrogens (tertiary/aromatic N) is 4. The molecule has 0 bridgehead atoms. The summed E-state index contributed by atoms with van der Waals surface area (Å²) in [6.45, 7) is -0.108. The van der Waals surface area contributed by atoms with Crippen LogP contribution in [0.5, 0.6) is 0 Å². The van der Waals surface area contributed by atoms with E-state index in [0.717, 1.165) is 0 Å². The number of carbonyl (C=O) groups excluding carboxylic acids is 1. The van der Waals surface area contributed by atoms with Crippen molar-refractivity contribution in [3.05, 3.63) is 41.1 Å². The second kappa shape index (κ2) is 8.49. The van der Waals surface area contributed by atoms with E-state index >= 15 is 0 Å². The van der Waals surface area contributed by atoms with E-state index in [2.05, 4.69) is 26.0 Å². The van der Waals surface area contributed by atoms with Crippen LogP contribution in [0.4, 0.5) is 20.5 Å². The predicted molar refractivity (Wildman–Crippen MR) is 109 cm³/mol. The van der Waals surface area contributed by atoms with Gasteiger partial charge in [-0.1, -0.05) is 0 Å². The van der Waals surface area contributed by atoms with Gasteiger partial charge in [0.05, 0.1) is 17.6 Å². The molecule has 1 aliphatic carbocycles. The Balaban J connectivity index is 0.00000124. The standard InChI is InChI=1S/C18H16F2N6O2.CH5N/c19-18(20)6-12(7-18)24-15-14-10(1-2-26(3-4-27)16(14)28)5-13(25-15)11-8-22-17(21)23-9-11;1-2/h1-2,4-5,8-9,12H,3,6-7H2,(H,24,25)(H2,21,22,23);2H2,1H3. The molecule has 158 valence electrons. The number of hydrogen-bond acceptors (Lipinski definition) is 8. The van der Waals surface area contributed by atoms with Crippen LogP contribution in [-0.2, 0) is 11.3 Å². The highest BCUT2D eigenvalue weighted by atomic mass is 19.3. The molecular weight excluding hydrogens is 396 g/mol. The van der Waals surface area contributed by atoms with E-state index in [4.69, 9.17) is 5.73 Å². The van der Waals surface area contributed by atoms with E-state index < -0.39 is 17.5 Å². The van der Waals surface area contributed by atoms with E-state index in [9.17, 15) is 18.4 Å². The van der Waals surface area contributed by atoms with Gasteiger partial charge in [0.25, 0.3) is 11.5 Å². The minimum absolute atomic E-state index is 0.108. The van der Waals surface area contributed by atoms with Crippen molar-refractivity contribution in [2.45, 2.75) is 31.4 Å². The highest BCUT2D eigenvalue weighted by Crippen LogP contribution is 2.39. The highest BCUT2D eigenvalue weighted by molar-refractivity contribution is 5.94. The first-order chi connectivity index (χ1) is 14.4. The minimum Gasteiger partial charge on any atom is -0.368 e. The van der Waals surface area contributed by atoms with Gasteiger partial charge < -0.3 is 26.1 Å². The highest BCUT2D eigenvalue weighted by Gasteiger charge is 2.45. The molecule has 11 heteroatoms. The number of halogens is 2. The fraction of sp³-hybridized carbons (Fsp3) is 0.316. The second-order valence-electron chi connectivity index (χ2n) is 6.70. The molecule has 9 nitrogen and oxygen atoms in total. The van der Waals surface area contributed by atoms with E-state index in [1.54, 1.807) is 12.1 Å². The van der Waals surface area contributed by atoms with Crippen LogP contribution in [0.3, 0.4) is 0 Å². The van der Waals surface area contributed by atoms with Crippen molar-refractivity contribution in [2.24, 2.45) is 5.73 Å². The molecule has 0 radical (unpaired) electrons. The van der Waals surface area contributed by atoms with Crippen LogP contribution in [0.25, 0.3) is 22.0 Å². The zero-order valence-corrected chi connectivity index (χ0v) is 16.2. The second-order valence-corrected chi connectivity index (χ2v) is 6.70. The Hall–Kier alpha value is -3.47. The van der Waals surface area contributed by atoms with Crippen molar-refractivity contribution in [1.82, 2.24) is 19.5 Å². The van der Waals surface area contributed by atoms with Crippen molar-refractivity contribution < 1.29 is 13.6 Å². The lowest BCUT2D eigenvalue weighted by Gasteiger charge is -2.35. The molecule has 0 aliphatic heterocycles. The number of carbonyl (C=O) groups is 1. The molecule has 1 fully saturated rings. The molecule has 1 saturated carbocycles. The van der Waals surface area contributed by atoms with Crippen LogP contribution in [0.2, 0.25) is 0 Å². The van der Waals surface area contributed by atoms with Crippen LogP contribution in [0.15, 0.2) is 35.5 Å². The van der Waals surface area contributed by atoms with E-state index in [1.165, 1.54) is 30.2 Å². The van der Waals surface area contributed by atoms with Gasteiger partial charge in [0, 0.05) is 43.0 Å². The van der Waals surface area contributed by atoms with Crippen LogP contribution < -0.4 is 22.3 Å². The minimum atomic E-state index is -2.71. The Labute approximate surface area is 170 Å². The number of anilines is 2. The molecule has 1 aliphatic rings. The fourth-order valence-electron chi connectivity index (χ4n) is 3.21. The van der Waals surface area contributed by atoms with Crippen molar-refractivity contribution in [1.29, 1.82) is 0 Å². The average Bonchev–Trinajstić information content (AvgIpc) is 2.70. The summed E-state index contributed by atoms with van der Waals surface area (Å²) in [7, 11) is 1.50. The molecule has 3 heterocycles. The first-order valence-corrected chi connectivity index (χ1v) is 9.14. The molecule has 3 aromatic rings. The Morgan fingerprint density at radius 2 is 1.97 bits per heavy atom. The molecule has 0 saturated heterocycles. The summed E-state index contributed by atoms with van der Waals surface area (Å²) < 4.78 is 27.7. The molecule has 0 unspecified atom stereocenters. The van der Waals surface area contributed by atoms with Gasteiger partial charge in [0.15, 0.2) is 0 Å². The summed E-state index contributed by atoms with van der Waals surface area (Å²) in [5.74, 6) is -2.42. The number of rotatable bonds is 5. The molecule has 4 rings (SSSR count). The predicted octanol–water partition coefficient (Wildman–Crippen LogP) is 1.42. The summed E-state index contributed by atoms with van der Waals surface area (Å²) in [4.78, 5) is 35.9. The van der Waals surface area contributed by atoms with Crippen LogP contribution in [-0.4, -0.2) is 44.8 Å². The number of hydrogen-bond donors (Lipinski definition) is 3. The van der Waals surface area contributed by atoms with Crippen LogP contribution in [0, 0.1) is 0 Å². The summed E-state index contributed by atoms with van der Waals surface area (Å²) in [5.41, 5.74) is 10.6. The number of aldehydes is 1. The van der Waals surface area contributed by atoms with Gasteiger partial charge in [-0.05, 0) is 24.6 Å². The van der Waals surface area contributed by atoms with Gasteiger partial charge in [0.2, 0.25) is 5.95 Å². The summed E-state index contributed by atoms with van der Waals surface area (Å²) in [5, 5.41) is 3.74. The third-order valence-corrected chi connectivity index (χ3v) is 4.63. The van der Waals surface area contributed by atoms with E-state index in [0.29, 0.717) is 22.9 Å². The number of pyridine rings is 2. The third-order valence-electron chi connectivity index (χ3n) is 4.63. The van der Waals surface area contributed by atoms with Gasteiger partial charge in [0.1, 0.15) is 12.1 Å². The molecule has 3 aromatic heterocycles. The van der Waals surface area contributed by atoms with Crippen molar-refractivity contribution in [2.75, 3.05) is 18.1 Å². The lowest BCUT2D eigenvalue weighted by Crippen LogP contribution is -2.44. The zero-order chi connectivity index (χ0) is 21.9. The van der Waals surface area contributed by atoms with E-state index in [-0.39, 0.29) is 36.5 Å². The normalized spacial score (nSPS) is 15.1. The molecule has 30 heavy (non-hydrogen) atoms. The number of fused-ring (bicyclic) bond motifs is 1. The molecule has 0 aromatic carbocycles. The Morgan fingerprint density at radius 1 is 1.30 bits per heavy atom. The third kappa shape index (κ3) is 4.25. The van der Waals surface area contributed by atoms with Crippen LogP contribution >= 0.6 is 0 Å². The smallest absolute Gasteiger partial charge is 0.262 e. The van der Waals surface area contributed by atoms with Gasteiger partial charge in [-0.25, -0.2) is 23.7 Å². The fourth-order valence-corrected chi connectivity index (χ4v) is 3.21. The van der Waals surface area contributed by atoms with Crippen molar-refractivity contribution in [3.63, 3.8) is 0 Å². The average molecular weight is 417 g/mol. The molecule has 0 atom stereocenters. The molecule has 5 N–H and O–H groups in total. The van der Waals surface area contributed by atoms with E-state index in [1.807, 2.05) is 0 Å².